The number of benzene rings is 1. The van der Waals surface area contributed by atoms with Crippen molar-refractivity contribution in [3.05, 3.63) is 23.9 Å². The molecular formula is C22H30F3N3O3S3. The van der Waals surface area contributed by atoms with Gasteiger partial charge in [-0.15, -0.1) is 13.2 Å². The number of halogens is 3. The first kappa shape index (κ1) is 27.1. The monoisotopic (exact) mass is 537 g/mol. The number of anilines is 1. The Kier molecular flexibility index (Phi) is 8.80. The van der Waals surface area contributed by atoms with E-state index in [1.54, 1.807) is 26.8 Å². The molecule has 1 fully saturated rings. The number of thiazole rings is 1. The van der Waals surface area contributed by atoms with Crippen LogP contribution in [0.4, 0.5) is 18.3 Å². The van der Waals surface area contributed by atoms with Crippen molar-refractivity contribution in [2.45, 2.75) is 76.1 Å². The Morgan fingerprint density at radius 2 is 1.82 bits per heavy atom. The smallest absolute Gasteiger partial charge is 0.404 e. The molecule has 12 heteroatoms. The van der Waals surface area contributed by atoms with Gasteiger partial charge in [-0.2, -0.15) is 0 Å². The molecule has 2 N–H and O–H groups in total. The molecule has 1 aromatic carbocycles. The molecule has 190 valence electrons. The van der Waals surface area contributed by atoms with Gasteiger partial charge in [-0.1, -0.05) is 49.5 Å². The summed E-state index contributed by atoms with van der Waals surface area (Å²) in [5, 5.41) is 0.446. The summed E-state index contributed by atoms with van der Waals surface area (Å²) < 4.78 is 73.9. The fourth-order valence-corrected chi connectivity index (χ4v) is 6.68. The molecule has 1 saturated carbocycles. The van der Waals surface area contributed by atoms with Crippen LogP contribution in [0.5, 0.6) is 5.75 Å². The van der Waals surface area contributed by atoms with Gasteiger partial charge in [-0.25, -0.2) is 18.1 Å². The summed E-state index contributed by atoms with van der Waals surface area (Å²) in [6.45, 7) is 5.31. The first-order valence-electron chi connectivity index (χ1n) is 11.0. The van der Waals surface area contributed by atoms with Crippen molar-refractivity contribution in [3.63, 3.8) is 0 Å². The van der Waals surface area contributed by atoms with Crippen molar-refractivity contribution in [3.8, 4) is 16.2 Å². The highest BCUT2D eigenvalue weighted by atomic mass is 32.2. The second kappa shape index (κ2) is 11.0. The molecule has 3 rings (SSSR count). The Morgan fingerprint density at radius 3 is 2.41 bits per heavy atom. The van der Waals surface area contributed by atoms with Crippen LogP contribution >= 0.6 is 11.3 Å². The summed E-state index contributed by atoms with van der Waals surface area (Å²) in [5.74, 6) is -0.0751. The van der Waals surface area contributed by atoms with Crippen molar-refractivity contribution in [1.29, 1.82) is 0 Å². The lowest BCUT2D eigenvalue weighted by atomic mass is 9.85. The van der Waals surface area contributed by atoms with Gasteiger partial charge in [0.25, 0.3) is 0 Å². The normalized spacial score (nSPS) is 17.4. The Balaban J connectivity index is 2.02. The summed E-state index contributed by atoms with van der Waals surface area (Å²) in [6.07, 6.45) is 2.92. The number of alkyl halides is 3. The number of rotatable bonds is 8. The van der Waals surface area contributed by atoms with Crippen LogP contribution in [0.15, 0.2) is 23.1 Å². The fourth-order valence-electron chi connectivity index (χ4n) is 3.89. The van der Waals surface area contributed by atoms with Gasteiger partial charge in [-0.05, 0) is 50.8 Å². The topological polar surface area (TPSA) is 80.3 Å². The lowest BCUT2D eigenvalue weighted by molar-refractivity contribution is -0.275. The summed E-state index contributed by atoms with van der Waals surface area (Å²) >= 11 is 1.24. The average Bonchev–Trinajstić information content (AvgIpc) is 3.07. The summed E-state index contributed by atoms with van der Waals surface area (Å²) in [4.78, 5) is 5.20. The van der Waals surface area contributed by atoms with Crippen LogP contribution in [0.2, 0.25) is 0 Å². The number of nitrogens with one attached hydrogen (secondary N) is 2. The van der Waals surface area contributed by atoms with E-state index in [0.717, 1.165) is 31.4 Å². The number of hydrogen-bond acceptors (Lipinski definition) is 5. The van der Waals surface area contributed by atoms with Crippen LogP contribution in [0.3, 0.4) is 0 Å². The minimum absolute atomic E-state index is 0.0950. The number of aromatic nitrogens is 1. The van der Waals surface area contributed by atoms with E-state index in [4.69, 9.17) is 0 Å². The highest BCUT2D eigenvalue weighted by molar-refractivity contribution is 7.85. The molecule has 2 unspecified atom stereocenters. The third kappa shape index (κ3) is 8.03. The van der Waals surface area contributed by atoms with Crippen molar-refractivity contribution in [2.75, 3.05) is 11.0 Å². The van der Waals surface area contributed by atoms with Crippen LogP contribution in [0.25, 0.3) is 10.4 Å². The zero-order chi connectivity index (χ0) is 25.1. The molecule has 34 heavy (non-hydrogen) atoms. The van der Waals surface area contributed by atoms with Crippen LogP contribution in [-0.2, 0) is 28.4 Å². The predicted molar refractivity (Wildman–Crippen MR) is 131 cm³/mol. The van der Waals surface area contributed by atoms with Crippen LogP contribution < -0.4 is 14.2 Å². The molecule has 0 radical (unpaired) electrons. The molecule has 0 saturated heterocycles. The minimum Gasteiger partial charge on any atom is -0.404 e. The maximum atomic E-state index is 13.2. The van der Waals surface area contributed by atoms with E-state index < -0.39 is 39.6 Å². The first-order chi connectivity index (χ1) is 15.8. The van der Waals surface area contributed by atoms with Crippen LogP contribution in [-0.4, -0.2) is 31.6 Å². The van der Waals surface area contributed by atoms with Gasteiger partial charge in [0.1, 0.15) is 27.7 Å². The van der Waals surface area contributed by atoms with Gasteiger partial charge in [0.15, 0.2) is 5.13 Å². The van der Waals surface area contributed by atoms with E-state index in [1.807, 2.05) is 0 Å². The third-order valence-electron chi connectivity index (χ3n) is 5.17. The van der Waals surface area contributed by atoms with Gasteiger partial charge < -0.3 is 4.74 Å². The number of hydrogen-bond donors (Lipinski definition) is 2. The highest BCUT2D eigenvalue weighted by Gasteiger charge is 2.34. The lowest BCUT2D eigenvalue weighted by Gasteiger charge is -2.22. The Labute approximate surface area is 207 Å². The van der Waals surface area contributed by atoms with Gasteiger partial charge >= 0.3 is 6.36 Å². The molecule has 1 heterocycles. The molecule has 2 atom stereocenters. The molecule has 0 bridgehead atoms. The zero-order valence-corrected chi connectivity index (χ0v) is 22.0. The molecular weight excluding hydrogens is 507 g/mol. The van der Waals surface area contributed by atoms with E-state index in [9.17, 15) is 21.6 Å². The second-order valence-electron chi connectivity index (χ2n) is 9.39. The third-order valence-corrected chi connectivity index (χ3v) is 8.37. The molecule has 0 aliphatic heterocycles. The SMILES string of the molecule is CS(=O)Nc1nc(CC2CCCCC2)c(-c2ccc(S(=O)NC(C)(C)C)c(OC(F)(F)F)c2)s1. The second-order valence-corrected chi connectivity index (χ2v) is 12.7. The number of ether oxygens (including phenoxy) is 1. The van der Waals surface area contributed by atoms with Gasteiger partial charge in [0.05, 0.1) is 15.5 Å². The molecule has 2 aromatic rings. The summed E-state index contributed by atoms with van der Waals surface area (Å²) in [5.41, 5.74) is 0.652. The lowest BCUT2D eigenvalue weighted by Crippen LogP contribution is -2.37. The molecule has 1 aliphatic rings. The summed E-state index contributed by atoms with van der Waals surface area (Å²) in [6, 6.07) is 4.28. The average molecular weight is 538 g/mol. The number of nitrogens with zero attached hydrogens (tertiary/aromatic N) is 1. The first-order valence-corrected chi connectivity index (χ1v) is 14.5. The largest absolute Gasteiger partial charge is 0.573 e. The Morgan fingerprint density at radius 1 is 1.15 bits per heavy atom. The molecule has 6 nitrogen and oxygen atoms in total. The predicted octanol–water partition coefficient (Wildman–Crippen LogP) is 5.95. The fraction of sp³-hybridized carbons (Fsp3) is 0.591. The highest BCUT2D eigenvalue weighted by Crippen LogP contribution is 2.40. The van der Waals surface area contributed by atoms with Gasteiger partial charge in [0.2, 0.25) is 0 Å². The van der Waals surface area contributed by atoms with E-state index >= 15 is 0 Å². The van der Waals surface area contributed by atoms with E-state index in [-0.39, 0.29) is 4.90 Å². The maximum Gasteiger partial charge on any atom is 0.573 e. The van der Waals surface area contributed by atoms with Crippen molar-refractivity contribution in [1.82, 2.24) is 9.71 Å². The molecule has 1 aliphatic carbocycles. The zero-order valence-electron chi connectivity index (χ0n) is 19.6. The van der Waals surface area contributed by atoms with E-state index in [0.29, 0.717) is 27.9 Å². The Hall–Kier alpha value is -1.50. The van der Waals surface area contributed by atoms with E-state index in [1.165, 1.54) is 36.1 Å². The standard InChI is InChI=1S/C22H30F3N3O3S3/c1-21(2,3)28-34(30)18-11-10-15(13-17(18)31-22(23,24)25)19-16(12-14-8-6-5-7-9-14)26-20(32-19)27-33(4)29/h10-11,13-14,28H,5-9,12H2,1-4H3,(H,26,27). The van der Waals surface area contributed by atoms with E-state index in [2.05, 4.69) is 19.2 Å². The van der Waals surface area contributed by atoms with Gasteiger partial charge in [-0.3, -0.25) is 4.72 Å². The van der Waals surface area contributed by atoms with Crippen molar-refractivity contribution >= 4 is 38.4 Å². The molecule has 0 amide bonds. The quantitative estimate of drug-likeness (QED) is 0.436. The Bertz CT molecular complexity index is 1050. The minimum atomic E-state index is -4.94. The van der Waals surface area contributed by atoms with Crippen LogP contribution in [0, 0.1) is 5.92 Å². The summed E-state index contributed by atoms with van der Waals surface area (Å²) in [7, 11) is -3.25. The maximum absolute atomic E-state index is 13.2. The molecule has 1 aromatic heterocycles. The molecule has 0 spiro atoms. The van der Waals surface area contributed by atoms with Crippen molar-refractivity contribution < 1.29 is 26.3 Å². The van der Waals surface area contributed by atoms with Crippen LogP contribution in [0.1, 0.15) is 58.6 Å². The van der Waals surface area contributed by atoms with Gasteiger partial charge in [0, 0.05) is 11.8 Å². The van der Waals surface area contributed by atoms with Crippen molar-refractivity contribution in [2.24, 2.45) is 5.92 Å².